The molecule has 1 amide bonds. The van der Waals surface area contributed by atoms with Crippen LogP contribution in [0, 0.1) is 5.92 Å². The summed E-state index contributed by atoms with van der Waals surface area (Å²) >= 11 is 1.59. The van der Waals surface area contributed by atoms with E-state index in [-0.39, 0.29) is 5.91 Å². The molecule has 0 spiro atoms. The Morgan fingerprint density at radius 1 is 1.35 bits per heavy atom. The van der Waals surface area contributed by atoms with Gasteiger partial charge in [0.05, 0.1) is 16.8 Å². The molecule has 0 radical (unpaired) electrons. The fourth-order valence-corrected chi connectivity index (χ4v) is 4.31. The zero-order chi connectivity index (χ0) is 16.1. The second kappa shape index (κ2) is 7.88. The number of amides is 1. The van der Waals surface area contributed by atoms with Crippen LogP contribution in [0.1, 0.15) is 39.0 Å². The highest BCUT2D eigenvalue weighted by molar-refractivity contribution is 7.16. The molecule has 0 aliphatic heterocycles. The summed E-state index contributed by atoms with van der Waals surface area (Å²) in [5, 5.41) is 0. The molecule has 2 aromatic rings. The van der Waals surface area contributed by atoms with Gasteiger partial charge in [-0.05, 0) is 37.8 Å². The van der Waals surface area contributed by atoms with Crippen LogP contribution in [0.3, 0.4) is 0 Å². The van der Waals surface area contributed by atoms with Crippen LogP contribution >= 0.6 is 11.3 Å². The van der Waals surface area contributed by atoms with Crippen molar-refractivity contribution < 1.29 is 9.53 Å². The predicted octanol–water partition coefficient (Wildman–Crippen LogP) is 3.75. The number of para-hydroxylation sites is 1. The Balaban J connectivity index is 1.86. The van der Waals surface area contributed by atoms with Crippen LogP contribution in [-0.2, 0) is 16.1 Å². The molecule has 1 aromatic heterocycles. The number of ether oxygens (including phenoxy) is 1. The van der Waals surface area contributed by atoms with E-state index < -0.39 is 0 Å². The molecule has 0 bridgehead atoms. The molecule has 1 heterocycles. The maximum Gasteiger partial charge on any atom is 0.248 e. The lowest BCUT2D eigenvalue weighted by atomic mass is 10.0. The second-order valence-electron chi connectivity index (χ2n) is 6.06. The average molecular weight is 332 g/mol. The van der Waals surface area contributed by atoms with Crippen molar-refractivity contribution in [3.63, 3.8) is 0 Å². The lowest BCUT2D eigenvalue weighted by Gasteiger charge is -2.06. The lowest BCUT2D eigenvalue weighted by Crippen LogP contribution is -2.20. The fraction of sp³-hybridized carbons (Fsp3) is 0.556. The van der Waals surface area contributed by atoms with Crippen molar-refractivity contribution in [2.75, 3.05) is 13.2 Å². The molecule has 1 fully saturated rings. The number of carbonyl (C=O) groups is 1. The molecule has 5 heteroatoms. The van der Waals surface area contributed by atoms with E-state index in [2.05, 4.69) is 21.7 Å². The van der Waals surface area contributed by atoms with E-state index in [0.29, 0.717) is 25.6 Å². The number of benzene rings is 1. The first-order valence-corrected chi connectivity index (χ1v) is 9.33. The first kappa shape index (κ1) is 16.4. The smallest absolute Gasteiger partial charge is 0.248 e. The highest BCUT2D eigenvalue weighted by Gasteiger charge is 2.18. The van der Waals surface area contributed by atoms with Gasteiger partial charge in [0.2, 0.25) is 5.91 Å². The Bertz CT molecular complexity index is 726. The molecule has 23 heavy (non-hydrogen) atoms. The third-order valence-electron chi connectivity index (χ3n) is 4.41. The molecular weight excluding hydrogens is 308 g/mol. The number of carbonyl (C=O) groups excluding carboxylic acids is 1. The van der Waals surface area contributed by atoms with Gasteiger partial charge in [0.1, 0.15) is 0 Å². The minimum atomic E-state index is 0.0219. The highest BCUT2D eigenvalue weighted by atomic mass is 32.1. The molecule has 124 valence electrons. The van der Waals surface area contributed by atoms with Crippen molar-refractivity contribution in [3.05, 3.63) is 29.1 Å². The summed E-state index contributed by atoms with van der Waals surface area (Å²) in [5.74, 6) is 0.561. The fourth-order valence-electron chi connectivity index (χ4n) is 3.24. The Morgan fingerprint density at radius 3 is 2.91 bits per heavy atom. The van der Waals surface area contributed by atoms with Gasteiger partial charge < -0.3 is 9.30 Å². The summed E-state index contributed by atoms with van der Waals surface area (Å²) in [5.41, 5.74) is 1.13. The molecule has 1 aliphatic carbocycles. The summed E-state index contributed by atoms with van der Waals surface area (Å²) in [6, 6.07) is 8.21. The average Bonchev–Trinajstić information content (AvgIpc) is 3.16. The van der Waals surface area contributed by atoms with Crippen LogP contribution in [0.5, 0.6) is 0 Å². The van der Waals surface area contributed by atoms with E-state index in [4.69, 9.17) is 4.74 Å². The van der Waals surface area contributed by atoms with E-state index in [9.17, 15) is 4.79 Å². The molecule has 1 aliphatic rings. The van der Waals surface area contributed by atoms with E-state index in [0.717, 1.165) is 21.6 Å². The number of hydrogen-bond donors (Lipinski definition) is 0. The van der Waals surface area contributed by atoms with Crippen LogP contribution in [0.2, 0.25) is 0 Å². The van der Waals surface area contributed by atoms with Crippen molar-refractivity contribution >= 4 is 27.5 Å². The van der Waals surface area contributed by atoms with Gasteiger partial charge in [-0.15, -0.1) is 0 Å². The quantitative estimate of drug-likeness (QED) is 0.756. The maximum absolute atomic E-state index is 12.3. The third kappa shape index (κ3) is 4.09. The Labute approximate surface area is 140 Å². The van der Waals surface area contributed by atoms with Crippen molar-refractivity contribution in [3.8, 4) is 0 Å². The topological polar surface area (TPSA) is 43.6 Å². The molecule has 4 nitrogen and oxygen atoms in total. The molecule has 0 unspecified atom stereocenters. The van der Waals surface area contributed by atoms with Crippen molar-refractivity contribution in [2.24, 2.45) is 10.9 Å². The van der Waals surface area contributed by atoms with E-state index >= 15 is 0 Å². The van der Waals surface area contributed by atoms with E-state index in [1.165, 1.54) is 25.7 Å². The van der Waals surface area contributed by atoms with Gasteiger partial charge >= 0.3 is 0 Å². The zero-order valence-corrected chi connectivity index (χ0v) is 14.5. The number of hydrogen-bond acceptors (Lipinski definition) is 3. The first-order valence-electron chi connectivity index (χ1n) is 8.51. The number of fused-ring (bicyclic) bond motifs is 1. The lowest BCUT2D eigenvalue weighted by molar-refractivity contribution is -0.118. The van der Waals surface area contributed by atoms with Gasteiger partial charge in [0, 0.05) is 19.6 Å². The Morgan fingerprint density at radius 2 is 2.13 bits per heavy atom. The summed E-state index contributed by atoms with van der Waals surface area (Å²) in [6.45, 7) is 4.07. The minimum Gasteiger partial charge on any atom is -0.380 e. The summed E-state index contributed by atoms with van der Waals surface area (Å²) in [4.78, 5) is 17.5. The molecule has 0 atom stereocenters. The predicted molar refractivity (Wildman–Crippen MR) is 93.5 cm³/mol. The zero-order valence-electron chi connectivity index (χ0n) is 13.7. The van der Waals surface area contributed by atoms with Crippen molar-refractivity contribution in [2.45, 2.75) is 45.6 Å². The third-order valence-corrected chi connectivity index (χ3v) is 5.47. The normalized spacial score (nSPS) is 16.5. The minimum absolute atomic E-state index is 0.0219. The Hall–Kier alpha value is -1.46. The van der Waals surface area contributed by atoms with Gasteiger partial charge in [-0.3, -0.25) is 4.79 Å². The second-order valence-corrected chi connectivity index (χ2v) is 7.07. The van der Waals surface area contributed by atoms with Gasteiger partial charge in [-0.25, -0.2) is 0 Å². The highest BCUT2D eigenvalue weighted by Crippen LogP contribution is 2.27. The number of aromatic nitrogens is 1. The molecule has 0 N–H and O–H groups in total. The van der Waals surface area contributed by atoms with E-state index in [1.807, 2.05) is 19.1 Å². The summed E-state index contributed by atoms with van der Waals surface area (Å²) in [7, 11) is 0. The van der Waals surface area contributed by atoms with Crippen LogP contribution in [0.15, 0.2) is 29.3 Å². The molecular formula is C18H24N2O2S. The maximum atomic E-state index is 12.3. The summed E-state index contributed by atoms with van der Waals surface area (Å²) < 4.78 is 8.76. The van der Waals surface area contributed by atoms with Gasteiger partial charge in [-0.2, -0.15) is 4.99 Å². The van der Waals surface area contributed by atoms with Crippen LogP contribution in [0.25, 0.3) is 10.2 Å². The summed E-state index contributed by atoms with van der Waals surface area (Å²) in [6.07, 6.45) is 5.47. The standard InChI is InChI=1S/C18H24N2O2S/c1-2-22-12-11-20-15-9-5-6-10-16(15)23-18(20)19-17(21)13-14-7-3-4-8-14/h5-6,9-10,14H,2-4,7-8,11-13H2,1H3. The molecule has 1 aromatic carbocycles. The largest absolute Gasteiger partial charge is 0.380 e. The van der Waals surface area contributed by atoms with Crippen LogP contribution in [-0.4, -0.2) is 23.7 Å². The van der Waals surface area contributed by atoms with Crippen molar-refractivity contribution in [1.82, 2.24) is 4.57 Å². The van der Waals surface area contributed by atoms with Gasteiger partial charge in [0.15, 0.2) is 4.80 Å². The monoisotopic (exact) mass is 332 g/mol. The first-order chi connectivity index (χ1) is 11.3. The van der Waals surface area contributed by atoms with Gasteiger partial charge in [-0.1, -0.05) is 36.3 Å². The van der Waals surface area contributed by atoms with Crippen LogP contribution < -0.4 is 4.80 Å². The van der Waals surface area contributed by atoms with Crippen LogP contribution in [0.4, 0.5) is 0 Å². The molecule has 0 saturated heterocycles. The Kier molecular flexibility index (Phi) is 5.62. The molecule has 1 saturated carbocycles. The van der Waals surface area contributed by atoms with Gasteiger partial charge in [0.25, 0.3) is 0 Å². The van der Waals surface area contributed by atoms with Crippen molar-refractivity contribution in [1.29, 1.82) is 0 Å². The number of thiazole rings is 1. The molecule has 3 rings (SSSR count). The van der Waals surface area contributed by atoms with E-state index in [1.54, 1.807) is 11.3 Å². The SMILES string of the molecule is CCOCCn1c(=NC(=O)CC2CCCC2)sc2ccccc21. The number of nitrogens with zero attached hydrogens (tertiary/aromatic N) is 2. The number of rotatable bonds is 6.